The number of benzene rings is 1. The molecule has 0 aliphatic heterocycles. The summed E-state index contributed by atoms with van der Waals surface area (Å²) in [5, 5.41) is 14.7. The van der Waals surface area contributed by atoms with Crippen molar-refractivity contribution in [2.24, 2.45) is 7.05 Å². The second-order valence-corrected chi connectivity index (χ2v) is 7.06. The van der Waals surface area contributed by atoms with E-state index in [1.165, 1.54) is 0 Å². The number of hydrogen-bond acceptors (Lipinski definition) is 5. The minimum absolute atomic E-state index is 0.0379. The number of aryl methyl sites for hydroxylation is 1. The molecule has 1 aliphatic carbocycles. The molecule has 4 rings (SSSR count). The summed E-state index contributed by atoms with van der Waals surface area (Å²) in [5.41, 5.74) is 1.27. The molecular formula is C18H23N7O. The van der Waals surface area contributed by atoms with Crippen molar-refractivity contribution in [1.82, 2.24) is 35.1 Å². The average Bonchev–Trinajstić information content (AvgIpc) is 3.31. The van der Waals surface area contributed by atoms with Crippen molar-refractivity contribution >= 4 is 16.9 Å². The fraction of sp³-hybridized carbons (Fsp3) is 0.500. The number of nitrogens with one attached hydrogen (secondary N) is 1. The van der Waals surface area contributed by atoms with E-state index in [-0.39, 0.29) is 11.9 Å². The number of carbonyl (C=O) groups is 1. The van der Waals surface area contributed by atoms with Gasteiger partial charge < -0.3 is 9.88 Å². The van der Waals surface area contributed by atoms with E-state index in [4.69, 9.17) is 4.98 Å². The molecule has 2 aromatic heterocycles. The highest BCUT2D eigenvalue weighted by molar-refractivity contribution is 5.85. The van der Waals surface area contributed by atoms with Crippen molar-refractivity contribution in [3.8, 4) is 0 Å². The van der Waals surface area contributed by atoms with Crippen molar-refractivity contribution in [2.45, 2.75) is 50.6 Å². The van der Waals surface area contributed by atoms with E-state index < -0.39 is 5.54 Å². The fourth-order valence-electron chi connectivity index (χ4n) is 4.00. The lowest BCUT2D eigenvalue weighted by Crippen LogP contribution is -2.51. The highest BCUT2D eigenvalue weighted by Gasteiger charge is 2.43. The molecule has 0 bridgehead atoms. The van der Waals surface area contributed by atoms with Crippen LogP contribution in [0.1, 0.15) is 50.9 Å². The highest BCUT2D eigenvalue weighted by atomic mass is 16.2. The summed E-state index contributed by atoms with van der Waals surface area (Å²) in [7, 11) is 1.98. The first-order valence-electron chi connectivity index (χ1n) is 9.07. The third-order valence-electron chi connectivity index (χ3n) is 5.45. The van der Waals surface area contributed by atoms with E-state index in [1.807, 2.05) is 42.8 Å². The van der Waals surface area contributed by atoms with Crippen LogP contribution in [0.3, 0.4) is 0 Å². The Morgan fingerprint density at radius 1 is 1.23 bits per heavy atom. The van der Waals surface area contributed by atoms with Crippen molar-refractivity contribution in [1.29, 1.82) is 0 Å². The van der Waals surface area contributed by atoms with E-state index in [9.17, 15) is 4.79 Å². The van der Waals surface area contributed by atoms with Crippen LogP contribution >= 0.6 is 0 Å². The predicted octanol–water partition coefficient (Wildman–Crippen LogP) is 2.10. The second kappa shape index (κ2) is 6.51. The lowest BCUT2D eigenvalue weighted by molar-refractivity contribution is -0.133. The van der Waals surface area contributed by atoms with Crippen LogP contribution in [0.25, 0.3) is 11.0 Å². The van der Waals surface area contributed by atoms with Gasteiger partial charge in [-0.2, -0.15) is 0 Å². The van der Waals surface area contributed by atoms with Gasteiger partial charge in [-0.1, -0.05) is 31.4 Å². The van der Waals surface area contributed by atoms with Crippen LogP contribution < -0.4 is 5.32 Å². The third kappa shape index (κ3) is 2.65. The SMILES string of the molecule is C[C@H](NC(=O)C1(n2cnnn2)CCCCC1)c1nc2ccccc2n1C. The molecular weight excluding hydrogens is 330 g/mol. The predicted molar refractivity (Wildman–Crippen MR) is 96.1 cm³/mol. The van der Waals surface area contributed by atoms with E-state index in [1.54, 1.807) is 11.0 Å². The van der Waals surface area contributed by atoms with Crippen LogP contribution in [0.4, 0.5) is 0 Å². The van der Waals surface area contributed by atoms with Crippen LogP contribution in [0.2, 0.25) is 0 Å². The van der Waals surface area contributed by atoms with Crippen molar-refractivity contribution < 1.29 is 4.79 Å². The molecule has 1 aliphatic rings. The maximum absolute atomic E-state index is 13.3. The zero-order chi connectivity index (χ0) is 18.1. The normalized spacial score (nSPS) is 17.9. The largest absolute Gasteiger partial charge is 0.344 e. The standard InChI is InChI=1S/C18H23N7O/c1-13(16-21-14-8-4-5-9-15(14)24(16)2)20-17(26)18(10-6-3-7-11-18)25-12-19-22-23-25/h4-5,8-9,12-13H,3,6-7,10-11H2,1-2H3,(H,20,26)/t13-/m0/s1. The molecule has 136 valence electrons. The Hall–Kier alpha value is -2.77. The Labute approximate surface area is 151 Å². The molecule has 0 unspecified atom stereocenters. The zero-order valence-electron chi connectivity index (χ0n) is 15.1. The zero-order valence-corrected chi connectivity index (χ0v) is 15.1. The van der Waals surface area contributed by atoms with Gasteiger partial charge in [-0.3, -0.25) is 4.79 Å². The summed E-state index contributed by atoms with van der Waals surface area (Å²) in [4.78, 5) is 18.0. The Bertz CT molecular complexity index is 909. The van der Waals surface area contributed by atoms with Gasteiger partial charge in [0.25, 0.3) is 0 Å². The molecule has 1 aromatic carbocycles. The first-order chi connectivity index (χ1) is 12.6. The number of hydrogen-bond donors (Lipinski definition) is 1. The van der Waals surface area contributed by atoms with Gasteiger partial charge in [-0.25, -0.2) is 9.67 Å². The second-order valence-electron chi connectivity index (χ2n) is 7.06. The van der Waals surface area contributed by atoms with E-state index >= 15 is 0 Å². The van der Waals surface area contributed by atoms with Gasteiger partial charge in [0.05, 0.1) is 17.1 Å². The van der Waals surface area contributed by atoms with E-state index in [0.29, 0.717) is 0 Å². The third-order valence-corrected chi connectivity index (χ3v) is 5.45. The molecule has 2 heterocycles. The summed E-state index contributed by atoms with van der Waals surface area (Å²) < 4.78 is 3.66. The summed E-state index contributed by atoms with van der Waals surface area (Å²) in [6.45, 7) is 1.97. The maximum atomic E-state index is 13.3. The lowest BCUT2D eigenvalue weighted by Gasteiger charge is -2.35. The topological polar surface area (TPSA) is 90.5 Å². The molecule has 26 heavy (non-hydrogen) atoms. The van der Waals surface area contributed by atoms with Crippen LogP contribution in [-0.2, 0) is 17.4 Å². The van der Waals surface area contributed by atoms with Crippen LogP contribution in [0.5, 0.6) is 0 Å². The highest BCUT2D eigenvalue weighted by Crippen LogP contribution is 2.35. The van der Waals surface area contributed by atoms with Gasteiger partial charge in [0.15, 0.2) is 0 Å². The minimum Gasteiger partial charge on any atom is -0.344 e. The number of aromatic nitrogens is 6. The molecule has 0 saturated heterocycles. The number of para-hydroxylation sites is 2. The molecule has 1 fully saturated rings. The van der Waals surface area contributed by atoms with E-state index in [2.05, 4.69) is 20.8 Å². The number of fused-ring (bicyclic) bond motifs is 1. The number of imidazole rings is 1. The minimum atomic E-state index is -0.708. The van der Waals surface area contributed by atoms with Gasteiger partial charge in [0.1, 0.15) is 17.7 Å². The van der Waals surface area contributed by atoms with Crippen LogP contribution in [-0.4, -0.2) is 35.7 Å². The molecule has 1 atom stereocenters. The number of tetrazole rings is 1. The number of rotatable bonds is 4. The quantitative estimate of drug-likeness (QED) is 0.776. The van der Waals surface area contributed by atoms with Gasteiger partial charge in [0.2, 0.25) is 5.91 Å². The maximum Gasteiger partial charge on any atom is 0.248 e. The molecule has 8 nitrogen and oxygen atoms in total. The van der Waals surface area contributed by atoms with Crippen LogP contribution in [0.15, 0.2) is 30.6 Å². The van der Waals surface area contributed by atoms with E-state index in [0.717, 1.165) is 49.0 Å². The Kier molecular flexibility index (Phi) is 4.18. The number of amides is 1. The smallest absolute Gasteiger partial charge is 0.248 e. The Balaban J connectivity index is 1.62. The van der Waals surface area contributed by atoms with Gasteiger partial charge >= 0.3 is 0 Å². The first-order valence-corrected chi connectivity index (χ1v) is 9.07. The monoisotopic (exact) mass is 353 g/mol. The van der Waals surface area contributed by atoms with Gasteiger partial charge in [-0.05, 0) is 42.3 Å². The van der Waals surface area contributed by atoms with Crippen LogP contribution in [0, 0.1) is 0 Å². The summed E-state index contributed by atoms with van der Waals surface area (Å²) in [5.74, 6) is 0.797. The molecule has 1 saturated carbocycles. The molecule has 0 spiro atoms. The molecule has 8 heteroatoms. The van der Waals surface area contributed by atoms with Crippen molar-refractivity contribution in [2.75, 3.05) is 0 Å². The average molecular weight is 353 g/mol. The number of nitrogens with zero attached hydrogens (tertiary/aromatic N) is 6. The number of carbonyl (C=O) groups excluding carboxylic acids is 1. The first kappa shape index (κ1) is 16.7. The Morgan fingerprint density at radius 2 is 2.00 bits per heavy atom. The molecule has 1 amide bonds. The summed E-state index contributed by atoms with van der Waals surface area (Å²) >= 11 is 0. The van der Waals surface area contributed by atoms with Crippen molar-refractivity contribution in [3.63, 3.8) is 0 Å². The summed E-state index contributed by atoms with van der Waals surface area (Å²) in [6.07, 6.45) is 6.17. The molecule has 3 aromatic rings. The summed E-state index contributed by atoms with van der Waals surface area (Å²) in [6, 6.07) is 7.76. The van der Waals surface area contributed by atoms with Gasteiger partial charge in [-0.15, -0.1) is 5.10 Å². The fourth-order valence-corrected chi connectivity index (χ4v) is 4.00. The molecule has 0 radical (unpaired) electrons. The molecule has 1 N–H and O–H groups in total. The van der Waals surface area contributed by atoms with Gasteiger partial charge in [0, 0.05) is 7.05 Å². The van der Waals surface area contributed by atoms with Crippen molar-refractivity contribution in [3.05, 3.63) is 36.4 Å². The Morgan fingerprint density at radius 3 is 2.69 bits per heavy atom. The lowest BCUT2D eigenvalue weighted by atomic mass is 9.81.